The van der Waals surface area contributed by atoms with Crippen molar-refractivity contribution < 1.29 is 4.79 Å². The third-order valence-corrected chi connectivity index (χ3v) is 4.74. The van der Waals surface area contributed by atoms with Crippen molar-refractivity contribution in [3.8, 4) is 0 Å². The number of benzene rings is 1. The first kappa shape index (κ1) is 21.5. The van der Waals surface area contributed by atoms with E-state index in [2.05, 4.69) is 18.8 Å². The van der Waals surface area contributed by atoms with Gasteiger partial charge in [-0.3, -0.25) is 19.1 Å². The monoisotopic (exact) mass is 386 g/mol. The zero-order chi connectivity index (χ0) is 20.8. The van der Waals surface area contributed by atoms with Gasteiger partial charge in [0.15, 0.2) is 5.69 Å². The van der Waals surface area contributed by atoms with Crippen LogP contribution in [0.1, 0.15) is 68.8 Å². The Balaban J connectivity index is 2.54. The van der Waals surface area contributed by atoms with E-state index >= 15 is 0 Å². The van der Waals surface area contributed by atoms with Crippen molar-refractivity contribution in [1.29, 1.82) is 0 Å². The zero-order valence-corrected chi connectivity index (χ0v) is 17.1. The van der Waals surface area contributed by atoms with Gasteiger partial charge in [-0.2, -0.15) is 0 Å². The van der Waals surface area contributed by atoms with Gasteiger partial charge in [0, 0.05) is 18.7 Å². The summed E-state index contributed by atoms with van der Waals surface area (Å²) in [6.07, 6.45) is 2.24. The second kappa shape index (κ2) is 9.39. The van der Waals surface area contributed by atoms with Gasteiger partial charge in [-0.05, 0) is 36.5 Å². The Bertz CT molecular complexity index is 926. The number of carbonyl (C=O) groups is 1. The topological polar surface area (TPSA) is 101 Å². The highest BCUT2D eigenvalue weighted by atomic mass is 16.2. The molecule has 1 amide bonds. The number of nitrogens with two attached hydrogens (primary N) is 1. The van der Waals surface area contributed by atoms with Crippen LogP contribution in [0.15, 0.2) is 33.9 Å². The molecule has 28 heavy (non-hydrogen) atoms. The molecule has 7 heteroatoms. The molecule has 2 rings (SSSR count). The quantitative estimate of drug-likeness (QED) is 0.728. The lowest BCUT2D eigenvalue weighted by atomic mass is 10.0. The largest absolute Gasteiger partial charge is 0.383 e. The summed E-state index contributed by atoms with van der Waals surface area (Å²) in [7, 11) is 0. The summed E-state index contributed by atoms with van der Waals surface area (Å²) in [5.41, 5.74) is 6.62. The highest BCUT2D eigenvalue weighted by Crippen LogP contribution is 2.22. The molecule has 0 spiro atoms. The summed E-state index contributed by atoms with van der Waals surface area (Å²) in [4.78, 5) is 41.6. The highest BCUT2D eigenvalue weighted by molar-refractivity contribution is 6.07. The van der Waals surface area contributed by atoms with E-state index < -0.39 is 11.2 Å². The van der Waals surface area contributed by atoms with E-state index in [4.69, 9.17) is 5.73 Å². The van der Waals surface area contributed by atoms with Gasteiger partial charge in [0.1, 0.15) is 5.82 Å². The maximum Gasteiger partial charge on any atom is 0.330 e. The van der Waals surface area contributed by atoms with Crippen molar-refractivity contribution in [3.63, 3.8) is 0 Å². The Labute approximate surface area is 165 Å². The van der Waals surface area contributed by atoms with Crippen LogP contribution in [0.25, 0.3) is 0 Å². The average Bonchev–Trinajstić information content (AvgIpc) is 2.67. The van der Waals surface area contributed by atoms with Gasteiger partial charge in [0.25, 0.3) is 11.5 Å². The van der Waals surface area contributed by atoms with Crippen molar-refractivity contribution in [2.75, 3.05) is 17.2 Å². The van der Waals surface area contributed by atoms with Crippen LogP contribution in [-0.4, -0.2) is 22.0 Å². The summed E-state index contributed by atoms with van der Waals surface area (Å²) >= 11 is 0. The molecule has 0 saturated heterocycles. The van der Waals surface area contributed by atoms with Gasteiger partial charge >= 0.3 is 5.69 Å². The van der Waals surface area contributed by atoms with E-state index in [-0.39, 0.29) is 17.4 Å². The summed E-state index contributed by atoms with van der Waals surface area (Å²) in [5, 5.41) is 0. The lowest BCUT2D eigenvalue weighted by Gasteiger charge is -2.24. The first-order valence-electron chi connectivity index (χ1n) is 9.86. The molecule has 1 aromatic carbocycles. The standard InChI is InChI=1S/C21H30N4O3/c1-5-7-13-24(20(27)16-10-8-15(9-11-16)14(3)4)17-18(22)25(12-6-2)21(28)23-19(17)26/h8-11,14H,5-7,12-13,22H2,1-4H3,(H,23,26,28). The maximum atomic E-state index is 13.2. The Hall–Kier alpha value is -2.83. The first-order valence-corrected chi connectivity index (χ1v) is 9.86. The molecule has 0 atom stereocenters. The molecule has 1 aromatic heterocycles. The summed E-state index contributed by atoms with van der Waals surface area (Å²) in [5.74, 6) is 0.0814. The highest BCUT2D eigenvalue weighted by Gasteiger charge is 2.24. The molecular weight excluding hydrogens is 356 g/mol. The molecule has 0 saturated carbocycles. The predicted octanol–water partition coefficient (Wildman–Crippen LogP) is 3.10. The Morgan fingerprint density at radius 3 is 2.32 bits per heavy atom. The molecule has 7 nitrogen and oxygen atoms in total. The second-order valence-corrected chi connectivity index (χ2v) is 7.23. The number of nitrogens with one attached hydrogen (secondary N) is 1. The maximum absolute atomic E-state index is 13.2. The fourth-order valence-electron chi connectivity index (χ4n) is 3.08. The third kappa shape index (κ3) is 4.52. The third-order valence-electron chi connectivity index (χ3n) is 4.74. The van der Waals surface area contributed by atoms with Gasteiger partial charge in [-0.15, -0.1) is 0 Å². The molecule has 0 aliphatic rings. The molecule has 0 unspecified atom stereocenters. The van der Waals surface area contributed by atoms with Crippen molar-refractivity contribution in [1.82, 2.24) is 9.55 Å². The Kier molecular flexibility index (Phi) is 7.20. The number of carbonyl (C=O) groups excluding carboxylic acids is 1. The van der Waals surface area contributed by atoms with Crippen molar-refractivity contribution >= 4 is 17.4 Å². The van der Waals surface area contributed by atoms with Crippen LogP contribution in [0.2, 0.25) is 0 Å². The molecule has 0 bridgehead atoms. The SMILES string of the molecule is CCCCN(C(=O)c1ccc(C(C)C)cc1)c1c(N)n(CCC)c(=O)[nH]c1=O. The van der Waals surface area contributed by atoms with Crippen LogP contribution in [0.4, 0.5) is 11.5 Å². The number of aromatic amines is 1. The number of hydrogen-bond acceptors (Lipinski definition) is 4. The number of amides is 1. The van der Waals surface area contributed by atoms with Crippen molar-refractivity contribution in [2.45, 2.75) is 59.4 Å². The van der Waals surface area contributed by atoms with Crippen molar-refractivity contribution in [3.05, 3.63) is 56.2 Å². The molecule has 1 heterocycles. The summed E-state index contributed by atoms with van der Waals surface area (Å²) in [6.45, 7) is 8.80. The fourth-order valence-corrected chi connectivity index (χ4v) is 3.08. The lowest BCUT2D eigenvalue weighted by molar-refractivity contribution is 0.0986. The van der Waals surface area contributed by atoms with Gasteiger partial charge in [-0.1, -0.05) is 46.2 Å². The second-order valence-electron chi connectivity index (χ2n) is 7.23. The Morgan fingerprint density at radius 2 is 1.79 bits per heavy atom. The van der Waals surface area contributed by atoms with Crippen LogP contribution in [-0.2, 0) is 6.54 Å². The van der Waals surface area contributed by atoms with E-state index in [1.807, 2.05) is 26.0 Å². The molecule has 152 valence electrons. The van der Waals surface area contributed by atoms with Crippen LogP contribution in [0, 0.1) is 0 Å². The van der Waals surface area contributed by atoms with Gasteiger partial charge in [0.05, 0.1) is 0 Å². The van der Waals surface area contributed by atoms with Crippen LogP contribution in [0.5, 0.6) is 0 Å². The number of H-pyrrole nitrogens is 1. The Morgan fingerprint density at radius 1 is 1.14 bits per heavy atom. The number of nitrogen functional groups attached to an aromatic ring is 1. The molecule has 0 aliphatic carbocycles. The van der Waals surface area contributed by atoms with Crippen LogP contribution < -0.4 is 21.9 Å². The normalized spacial score (nSPS) is 11.0. The average molecular weight is 386 g/mol. The van der Waals surface area contributed by atoms with Gasteiger partial charge < -0.3 is 10.6 Å². The lowest BCUT2D eigenvalue weighted by Crippen LogP contribution is -2.41. The van der Waals surface area contributed by atoms with E-state index in [0.717, 1.165) is 12.0 Å². The summed E-state index contributed by atoms with van der Waals surface area (Å²) < 4.78 is 1.31. The number of unbranched alkanes of at least 4 members (excludes halogenated alkanes) is 1. The van der Waals surface area contributed by atoms with E-state index in [1.54, 1.807) is 12.1 Å². The molecular formula is C21H30N4O3. The number of aromatic nitrogens is 2. The first-order chi connectivity index (χ1) is 13.3. The van der Waals surface area contributed by atoms with Gasteiger partial charge in [-0.25, -0.2) is 4.79 Å². The van der Waals surface area contributed by atoms with Crippen LogP contribution >= 0.6 is 0 Å². The number of rotatable bonds is 8. The molecule has 3 N–H and O–H groups in total. The number of hydrogen-bond donors (Lipinski definition) is 2. The predicted molar refractivity (Wildman–Crippen MR) is 113 cm³/mol. The smallest absolute Gasteiger partial charge is 0.330 e. The van der Waals surface area contributed by atoms with E-state index in [1.165, 1.54) is 9.47 Å². The minimum Gasteiger partial charge on any atom is -0.383 e. The minimum atomic E-state index is -0.641. The minimum absolute atomic E-state index is 0.0267. The van der Waals surface area contributed by atoms with E-state index in [9.17, 15) is 14.4 Å². The molecule has 0 aliphatic heterocycles. The van der Waals surface area contributed by atoms with E-state index in [0.29, 0.717) is 37.4 Å². The molecule has 0 radical (unpaired) electrons. The van der Waals surface area contributed by atoms with Gasteiger partial charge in [0.2, 0.25) is 0 Å². The molecule has 2 aromatic rings. The number of nitrogens with zero attached hydrogens (tertiary/aromatic N) is 2. The van der Waals surface area contributed by atoms with Crippen molar-refractivity contribution in [2.24, 2.45) is 0 Å². The summed E-state index contributed by atoms with van der Waals surface area (Å²) in [6, 6.07) is 7.37. The molecule has 0 fully saturated rings. The zero-order valence-electron chi connectivity index (χ0n) is 17.1. The van der Waals surface area contributed by atoms with Crippen LogP contribution in [0.3, 0.4) is 0 Å². The number of anilines is 2. The fraction of sp³-hybridized carbons (Fsp3) is 0.476.